The molecule has 0 bridgehead atoms. The number of hydrogen-bond acceptors (Lipinski definition) is 6. The summed E-state index contributed by atoms with van der Waals surface area (Å²) in [6.45, 7) is 6.50. The summed E-state index contributed by atoms with van der Waals surface area (Å²) in [5.41, 5.74) is 0. The van der Waals surface area contributed by atoms with E-state index in [1.54, 1.807) is 0 Å². The van der Waals surface area contributed by atoms with Crippen LogP contribution < -0.4 is 0 Å². The second kappa shape index (κ2) is 65.4. The largest absolute Gasteiger partial charge is 0.462 e. The summed E-state index contributed by atoms with van der Waals surface area (Å²) in [6, 6.07) is 0. The molecule has 6 heteroatoms. The van der Waals surface area contributed by atoms with Gasteiger partial charge in [0.25, 0.3) is 0 Å². The predicted octanol–water partition coefficient (Wildman–Crippen LogP) is 22.9. The molecule has 1 unspecified atom stereocenters. The van der Waals surface area contributed by atoms with Crippen LogP contribution in [0.25, 0.3) is 0 Å². The third kappa shape index (κ3) is 63.6. The molecule has 0 aromatic heterocycles. The molecule has 0 aliphatic rings. The van der Waals surface area contributed by atoms with Crippen molar-refractivity contribution in [1.82, 2.24) is 0 Å². The first kappa shape index (κ1) is 73.8. The van der Waals surface area contributed by atoms with Gasteiger partial charge in [0.15, 0.2) is 6.10 Å². The monoisotopic (exact) mass is 1070 g/mol. The summed E-state index contributed by atoms with van der Waals surface area (Å²) in [5, 5.41) is 0. The Morgan fingerprint density at radius 2 is 0.519 bits per heavy atom. The van der Waals surface area contributed by atoms with Crippen LogP contribution in [0.5, 0.6) is 0 Å². The smallest absolute Gasteiger partial charge is 0.306 e. The van der Waals surface area contributed by atoms with E-state index in [-0.39, 0.29) is 31.1 Å². The van der Waals surface area contributed by atoms with Crippen LogP contribution in [0, 0.1) is 0 Å². The average molecular weight is 1080 g/mol. The summed E-state index contributed by atoms with van der Waals surface area (Å²) >= 11 is 0. The normalized spacial score (nSPS) is 12.5. The van der Waals surface area contributed by atoms with Gasteiger partial charge in [0.2, 0.25) is 0 Å². The van der Waals surface area contributed by atoms with Crippen LogP contribution in [-0.2, 0) is 28.6 Å². The molecule has 0 rings (SSSR count). The topological polar surface area (TPSA) is 78.9 Å². The summed E-state index contributed by atoms with van der Waals surface area (Å²) in [6.07, 6.45) is 85.1. The van der Waals surface area contributed by atoms with E-state index in [1.165, 1.54) is 205 Å². The van der Waals surface area contributed by atoms with E-state index in [4.69, 9.17) is 14.2 Å². The molecule has 446 valence electrons. The van der Waals surface area contributed by atoms with Crippen LogP contribution in [-0.4, -0.2) is 37.2 Å². The molecular weight excluding hydrogens is 949 g/mol. The fourth-order valence-corrected chi connectivity index (χ4v) is 9.65. The Labute approximate surface area is 478 Å². The summed E-state index contributed by atoms with van der Waals surface area (Å²) in [4.78, 5) is 38.2. The van der Waals surface area contributed by atoms with Crippen LogP contribution in [0.1, 0.15) is 342 Å². The molecule has 0 spiro atoms. The maximum atomic E-state index is 12.9. The predicted molar refractivity (Wildman–Crippen MR) is 335 cm³/mol. The molecule has 0 aromatic carbocycles. The number of unbranched alkanes of at least 4 members (excludes halogenated alkanes) is 38. The Kier molecular flexibility index (Phi) is 62.7. The first-order chi connectivity index (χ1) is 38.0. The van der Waals surface area contributed by atoms with Crippen molar-refractivity contribution in [3.63, 3.8) is 0 Å². The number of allylic oxidation sites excluding steroid dienone is 12. The van der Waals surface area contributed by atoms with Gasteiger partial charge in [0, 0.05) is 19.3 Å². The van der Waals surface area contributed by atoms with E-state index < -0.39 is 6.10 Å². The summed E-state index contributed by atoms with van der Waals surface area (Å²) in [7, 11) is 0. The molecule has 0 saturated carbocycles. The molecule has 1 atom stereocenters. The lowest BCUT2D eigenvalue weighted by Gasteiger charge is -2.18. The molecular formula is C71H126O6. The third-order valence-electron chi connectivity index (χ3n) is 14.7. The molecule has 0 radical (unpaired) electrons. The SMILES string of the molecule is CC/C=C\C/C=C\C/C=C\CCCCCCCCCC(=O)OC(COC(=O)CCCCCCC/C=C\CCCC)COC(=O)CCCCCCCCCCCCCCCCCCCCC/C=C\C/C=C\CCCCCCC. The zero-order valence-electron chi connectivity index (χ0n) is 51.2. The van der Waals surface area contributed by atoms with Crippen molar-refractivity contribution < 1.29 is 28.6 Å². The maximum absolute atomic E-state index is 12.9. The number of esters is 3. The molecule has 0 N–H and O–H groups in total. The molecule has 6 nitrogen and oxygen atoms in total. The van der Waals surface area contributed by atoms with E-state index in [0.29, 0.717) is 19.3 Å². The van der Waals surface area contributed by atoms with Crippen molar-refractivity contribution in [3.8, 4) is 0 Å². The Morgan fingerprint density at radius 3 is 0.844 bits per heavy atom. The standard InChI is InChI=1S/C71H126O6/c1-4-7-10-13-16-19-22-24-26-28-29-30-31-32-33-34-35-36-37-38-39-40-41-43-44-46-49-52-55-58-61-64-70(73)76-67-68(66-75-69(72)63-60-57-54-51-48-21-18-15-12-9-6-3)77-71(74)65-62-59-56-53-50-47-45-42-27-25-23-20-17-14-11-8-5-2/h8,11,15,17-18,20,22,24-25,27-29,68H,4-7,9-10,12-14,16,19,21,23,26,30-67H2,1-3H3/b11-8-,18-15-,20-17-,24-22-,27-25-,29-28-. The van der Waals surface area contributed by atoms with Crippen LogP contribution in [0.2, 0.25) is 0 Å². The fourth-order valence-electron chi connectivity index (χ4n) is 9.65. The highest BCUT2D eigenvalue weighted by Gasteiger charge is 2.19. The third-order valence-corrected chi connectivity index (χ3v) is 14.7. The highest BCUT2D eigenvalue weighted by atomic mass is 16.6. The lowest BCUT2D eigenvalue weighted by atomic mass is 10.0. The second-order valence-electron chi connectivity index (χ2n) is 22.3. The number of carbonyl (C=O) groups excluding carboxylic acids is 3. The zero-order valence-corrected chi connectivity index (χ0v) is 51.2. The molecule has 0 amide bonds. The van der Waals surface area contributed by atoms with Crippen molar-refractivity contribution in [2.45, 2.75) is 348 Å². The van der Waals surface area contributed by atoms with Gasteiger partial charge in [0.1, 0.15) is 13.2 Å². The molecule has 0 fully saturated rings. The summed E-state index contributed by atoms with van der Waals surface area (Å²) in [5.74, 6) is -0.885. The van der Waals surface area contributed by atoms with Crippen molar-refractivity contribution in [2.24, 2.45) is 0 Å². The van der Waals surface area contributed by atoms with Crippen LogP contribution in [0.4, 0.5) is 0 Å². The molecule has 0 saturated heterocycles. The van der Waals surface area contributed by atoms with Crippen molar-refractivity contribution >= 4 is 17.9 Å². The van der Waals surface area contributed by atoms with E-state index in [1.807, 2.05) is 0 Å². The Hall–Kier alpha value is -3.15. The quantitative estimate of drug-likeness (QED) is 0.0261. The first-order valence-electron chi connectivity index (χ1n) is 33.4. The second-order valence-corrected chi connectivity index (χ2v) is 22.3. The molecule has 0 aliphatic carbocycles. The Balaban J connectivity index is 4.14. The van der Waals surface area contributed by atoms with E-state index in [9.17, 15) is 14.4 Å². The van der Waals surface area contributed by atoms with Gasteiger partial charge in [-0.3, -0.25) is 14.4 Å². The van der Waals surface area contributed by atoms with E-state index in [0.717, 1.165) is 96.3 Å². The fraction of sp³-hybridized carbons (Fsp3) is 0.789. The number of hydrogen-bond donors (Lipinski definition) is 0. The van der Waals surface area contributed by atoms with Gasteiger partial charge in [-0.1, -0.05) is 293 Å². The van der Waals surface area contributed by atoms with Gasteiger partial charge in [-0.05, 0) is 103 Å². The molecule has 77 heavy (non-hydrogen) atoms. The van der Waals surface area contributed by atoms with Gasteiger partial charge < -0.3 is 14.2 Å². The Morgan fingerprint density at radius 1 is 0.273 bits per heavy atom. The van der Waals surface area contributed by atoms with E-state index >= 15 is 0 Å². The lowest BCUT2D eigenvalue weighted by molar-refractivity contribution is -0.167. The van der Waals surface area contributed by atoms with Crippen LogP contribution >= 0.6 is 0 Å². The van der Waals surface area contributed by atoms with Gasteiger partial charge in [0.05, 0.1) is 0 Å². The average Bonchev–Trinajstić information content (AvgIpc) is 3.43. The lowest BCUT2D eigenvalue weighted by Crippen LogP contribution is -2.30. The highest BCUT2D eigenvalue weighted by molar-refractivity contribution is 5.71. The molecule has 0 aromatic rings. The molecule has 0 aliphatic heterocycles. The van der Waals surface area contributed by atoms with E-state index in [2.05, 4.69) is 93.7 Å². The van der Waals surface area contributed by atoms with Crippen molar-refractivity contribution in [1.29, 1.82) is 0 Å². The van der Waals surface area contributed by atoms with Gasteiger partial charge in [-0.25, -0.2) is 0 Å². The zero-order chi connectivity index (χ0) is 55.7. The van der Waals surface area contributed by atoms with Gasteiger partial charge in [-0.15, -0.1) is 0 Å². The number of carbonyl (C=O) groups is 3. The Bertz CT molecular complexity index is 1420. The van der Waals surface area contributed by atoms with Crippen molar-refractivity contribution in [2.75, 3.05) is 13.2 Å². The minimum atomic E-state index is -0.783. The van der Waals surface area contributed by atoms with Crippen LogP contribution in [0.3, 0.4) is 0 Å². The maximum Gasteiger partial charge on any atom is 0.306 e. The highest BCUT2D eigenvalue weighted by Crippen LogP contribution is 2.17. The van der Waals surface area contributed by atoms with Crippen molar-refractivity contribution in [3.05, 3.63) is 72.9 Å². The van der Waals surface area contributed by atoms with Crippen LogP contribution in [0.15, 0.2) is 72.9 Å². The minimum absolute atomic E-state index is 0.0793. The molecule has 0 heterocycles. The number of ether oxygens (including phenoxy) is 3. The van der Waals surface area contributed by atoms with Gasteiger partial charge in [-0.2, -0.15) is 0 Å². The summed E-state index contributed by atoms with van der Waals surface area (Å²) < 4.78 is 16.9. The number of rotatable bonds is 61. The van der Waals surface area contributed by atoms with Gasteiger partial charge >= 0.3 is 17.9 Å². The first-order valence-corrected chi connectivity index (χ1v) is 33.4. The minimum Gasteiger partial charge on any atom is -0.462 e.